The molecule has 0 aromatic carbocycles. The van der Waals surface area contributed by atoms with Crippen LogP contribution in [0.5, 0.6) is 0 Å². The fraction of sp³-hybridized carbons (Fsp3) is 0.800. The number of unbranched alkanes of at least 4 members (excludes halogenated alkanes) is 1. The molecule has 1 atom stereocenters. The summed E-state index contributed by atoms with van der Waals surface area (Å²) in [5, 5.41) is 0. The molecule has 0 bridgehead atoms. The standard InChI is InChI=1S/C10H18FN/c1-3-5-6-8-10(11,9-12)7-4-2/h1H,4-9,12H2,2H3. The summed E-state index contributed by atoms with van der Waals surface area (Å²) in [5.74, 6) is 2.50. The van der Waals surface area contributed by atoms with E-state index in [4.69, 9.17) is 12.2 Å². The van der Waals surface area contributed by atoms with Gasteiger partial charge in [0, 0.05) is 13.0 Å². The molecule has 0 spiro atoms. The molecule has 2 N–H and O–H groups in total. The van der Waals surface area contributed by atoms with E-state index in [1.165, 1.54) is 0 Å². The highest BCUT2D eigenvalue weighted by Crippen LogP contribution is 2.23. The SMILES string of the molecule is C#CCCCC(F)(CN)CCC. The topological polar surface area (TPSA) is 26.0 Å². The van der Waals surface area contributed by atoms with Crippen LogP contribution in [0.2, 0.25) is 0 Å². The first kappa shape index (κ1) is 11.4. The van der Waals surface area contributed by atoms with Gasteiger partial charge in [0.25, 0.3) is 0 Å². The lowest BCUT2D eigenvalue weighted by molar-refractivity contribution is 0.143. The van der Waals surface area contributed by atoms with Gasteiger partial charge in [0.2, 0.25) is 0 Å². The summed E-state index contributed by atoms with van der Waals surface area (Å²) in [4.78, 5) is 0. The van der Waals surface area contributed by atoms with E-state index in [2.05, 4.69) is 5.92 Å². The molecule has 0 heterocycles. The van der Waals surface area contributed by atoms with Crippen molar-refractivity contribution >= 4 is 0 Å². The zero-order valence-corrected chi connectivity index (χ0v) is 7.78. The molecular formula is C10H18FN. The normalized spacial score (nSPS) is 15.2. The molecular weight excluding hydrogens is 153 g/mol. The van der Waals surface area contributed by atoms with Crippen LogP contribution < -0.4 is 5.73 Å². The maximum absolute atomic E-state index is 13.7. The first-order valence-corrected chi connectivity index (χ1v) is 4.51. The van der Waals surface area contributed by atoms with Gasteiger partial charge in [-0.2, -0.15) is 0 Å². The summed E-state index contributed by atoms with van der Waals surface area (Å²) in [6, 6.07) is 0. The van der Waals surface area contributed by atoms with E-state index in [1.54, 1.807) is 0 Å². The molecule has 0 aliphatic heterocycles. The number of terminal acetylenes is 1. The number of rotatable bonds is 6. The quantitative estimate of drug-likeness (QED) is 0.481. The van der Waals surface area contributed by atoms with Gasteiger partial charge < -0.3 is 5.73 Å². The van der Waals surface area contributed by atoms with E-state index in [-0.39, 0.29) is 6.54 Å². The van der Waals surface area contributed by atoms with Crippen molar-refractivity contribution in [2.24, 2.45) is 5.73 Å². The Labute approximate surface area is 74.5 Å². The summed E-state index contributed by atoms with van der Waals surface area (Å²) >= 11 is 0. The predicted octanol–water partition coefficient (Wildman–Crippen LogP) is 2.26. The number of halogens is 1. The number of alkyl halides is 1. The van der Waals surface area contributed by atoms with Crippen LogP contribution >= 0.6 is 0 Å². The molecule has 0 saturated heterocycles. The summed E-state index contributed by atoms with van der Waals surface area (Å²) in [6.45, 7) is 2.08. The van der Waals surface area contributed by atoms with Gasteiger partial charge in [-0.25, -0.2) is 4.39 Å². The zero-order chi connectivity index (χ0) is 9.45. The maximum Gasteiger partial charge on any atom is 0.123 e. The molecule has 0 rings (SSSR count). The lowest BCUT2D eigenvalue weighted by atomic mass is 9.94. The molecule has 2 heteroatoms. The average Bonchev–Trinajstić information content (AvgIpc) is 2.06. The van der Waals surface area contributed by atoms with Gasteiger partial charge in [0.1, 0.15) is 5.67 Å². The van der Waals surface area contributed by atoms with Gasteiger partial charge in [0.15, 0.2) is 0 Å². The zero-order valence-electron chi connectivity index (χ0n) is 7.78. The summed E-state index contributed by atoms with van der Waals surface area (Å²) in [7, 11) is 0. The second-order valence-electron chi connectivity index (χ2n) is 3.16. The Bertz CT molecular complexity index is 150. The van der Waals surface area contributed by atoms with E-state index in [1.807, 2.05) is 6.92 Å². The Balaban J connectivity index is 3.72. The maximum atomic E-state index is 13.7. The van der Waals surface area contributed by atoms with Crippen LogP contribution in [0.25, 0.3) is 0 Å². The highest BCUT2D eigenvalue weighted by molar-refractivity contribution is 4.86. The van der Waals surface area contributed by atoms with Crippen molar-refractivity contribution in [2.75, 3.05) is 6.54 Å². The molecule has 0 aromatic rings. The van der Waals surface area contributed by atoms with Crippen molar-refractivity contribution in [3.63, 3.8) is 0 Å². The molecule has 0 aliphatic carbocycles. The minimum Gasteiger partial charge on any atom is -0.328 e. The minimum atomic E-state index is -1.17. The molecule has 0 fully saturated rings. The molecule has 70 valence electrons. The first-order valence-electron chi connectivity index (χ1n) is 4.51. The fourth-order valence-electron chi connectivity index (χ4n) is 1.28. The molecule has 1 nitrogen and oxygen atoms in total. The number of hydrogen-bond acceptors (Lipinski definition) is 1. The lowest BCUT2D eigenvalue weighted by Crippen LogP contribution is -2.32. The Kier molecular flexibility index (Phi) is 5.74. The number of hydrogen-bond donors (Lipinski definition) is 1. The third-order valence-corrected chi connectivity index (χ3v) is 2.01. The smallest absolute Gasteiger partial charge is 0.123 e. The summed E-state index contributed by atoms with van der Waals surface area (Å²) < 4.78 is 13.7. The van der Waals surface area contributed by atoms with Crippen LogP contribution in [-0.4, -0.2) is 12.2 Å². The van der Waals surface area contributed by atoms with Gasteiger partial charge in [-0.05, 0) is 19.3 Å². The van der Waals surface area contributed by atoms with Crippen molar-refractivity contribution in [3.8, 4) is 12.3 Å². The van der Waals surface area contributed by atoms with Crippen molar-refractivity contribution in [1.82, 2.24) is 0 Å². The average molecular weight is 171 g/mol. The van der Waals surface area contributed by atoms with Crippen molar-refractivity contribution in [3.05, 3.63) is 0 Å². The van der Waals surface area contributed by atoms with Crippen LogP contribution in [0.4, 0.5) is 4.39 Å². The molecule has 0 aliphatic rings. The monoisotopic (exact) mass is 171 g/mol. The third kappa shape index (κ3) is 4.35. The van der Waals surface area contributed by atoms with E-state index in [0.717, 1.165) is 12.8 Å². The summed E-state index contributed by atoms with van der Waals surface area (Å²) in [6.07, 6.45) is 8.35. The van der Waals surface area contributed by atoms with Crippen molar-refractivity contribution in [1.29, 1.82) is 0 Å². The van der Waals surface area contributed by atoms with Crippen LogP contribution in [-0.2, 0) is 0 Å². The second-order valence-corrected chi connectivity index (χ2v) is 3.16. The minimum absolute atomic E-state index is 0.116. The van der Waals surface area contributed by atoms with Gasteiger partial charge in [0.05, 0.1) is 0 Å². The molecule has 0 saturated carbocycles. The Hall–Kier alpha value is -0.550. The molecule has 12 heavy (non-hydrogen) atoms. The van der Waals surface area contributed by atoms with Crippen molar-refractivity contribution in [2.45, 2.75) is 44.7 Å². The first-order chi connectivity index (χ1) is 5.68. The molecule has 0 radical (unpaired) electrons. The van der Waals surface area contributed by atoms with E-state index in [9.17, 15) is 4.39 Å². The van der Waals surface area contributed by atoms with Crippen LogP contribution in [0.1, 0.15) is 39.0 Å². The van der Waals surface area contributed by atoms with Crippen LogP contribution in [0, 0.1) is 12.3 Å². The predicted molar refractivity (Wildman–Crippen MR) is 50.5 cm³/mol. The second kappa shape index (κ2) is 6.02. The van der Waals surface area contributed by atoms with Gasteiger partial charge in [-0.3, -0.25) is 0 Å². The third-order valence-electron chi connectivity index (χ3n) is 2.01. The van der Waals surface area contributed by atoms with Gasteiger partial charge in [-0.15, -0.1) is 12.3 Å². The molecule has 0 amide bonds. The van der Waals surface area contributed by atoms with Crippen LogP contribution in [0.3, 0.4) is 0 Å². The van der Waals surface area contributed by atoms with Gasteiger partial charge >= 0.3 is 0 Å². The highest BCUT2D eigenvalue weighted by Gasteiger charge is 2.25. The molecule has 1 unspecified atom stereocenters. The Morgan fingerprint density at radius 1 is 1.50 bits per heavy atom. The Morgan fingerprint density at radius 3 is 2.58 bits per heavy atom. The van der Waals surface area contributed by atoms with Crippen molar-refractivity contribution < 1.29 is 4.39 Å². The number of nitrogens with two attached hydrogens (primary N) is 1. The fourth-order valence-corrected chi connectivity index (χ4v) is 1.28. The van der Waals surface area contributed by atoms with E-state index >= 15 is 0 Å². The molecule has 0 aromatic heterocycles. The van der Waals surface area contributed by atoms with E-state index in [0.29, 0.717) is 19.3 Å². The summed E-state index contributed by atoms with van der Waals surface area (Å²) in [5.41, 5.74) is 4.17. The van der Waals surface area contributed by atoms with E-state index < -0.39 is 5.67 Å². The largest absolute Gasteiger partial charge is 0.328 e. The van der Waals surface area contributed by atoms with Crippen LogP contribution in [0.15, 0.2) is 0 Å². The van der Waals surface area contributed by atoms with Gasteiger partial charge in [-0.1, -0.05) is 13.3 Å². The highest BCUT2D eigenvalue weighted by atomic mass is 19.1. The Morgan fingerprint density at radius 2 is 2.17 bits per heavy atom. The lowest BCUT2D eigenvalue weighted by Gasteiger charge is -2.22.